The summed E-state index contributed by atoms with van der Waals surface area (Å²) in [4.78, 5) is 48.8. The van der Waals surface area contributed by atoms with E-state index in [1.54, 1.807) is 12.5 Å². The van der Waals surface area contributed by atoms with Crippen molar-refractivity contribution in [3.05, 3.63) is 37.1 Å². The monoisotopic (exact) mass is 287 g/mol. The number of hydrogen-bond donors (Lipinski definition) is 2. The van der Waals surface area contributed by atoms with Crippen molar-refractivity contribution in [3.63, 3.8) is 0 Å². The lowest BCUT2D eigenvalue weighted by atomic mass is 10.4. The SMILES string of the molecule is CCn1cc([N+](=O)[O-])c(=O)n(CCC(=O)ONN)c1=O. The molecule has 0 aliphatic rings. The zero-order valence-electron chi connectivity index (χ0n) is 10.6. The van der Waals surface area contributed by atoms with Gasteiger partial charge in [-0.1, -0.05) is 5.59 Å². The van der Waals surface area contributed by atoms with Gasteiger partial charge in [-0.2, -0.15) is 0 Å². The maximum absolute atomic E-state index is 11.9. The first-order chi connectivity index (χ1) is 9.42. The molecule has 1 aromatic heterocycles. The number of hydrogen-bond acceptors (Lipinski definition) is 8. The summed E-state index contributed by atoms with van der Waals surface area (Å²) in [7, 11) is 0. The van der Waals surface area contributed by atoms with E-state index in [2.05, 4.69) is 4.84 Å². The van der Waals surface area contributed by atoms with E-state index in [0.29, 0.717) is 4.57 Å². The van der Waals surface area contributed by atoms with Gasteiger partial charge in [-0.25, -0.2) is 10.6 Å². The summed E-state index contributed by atoms with van der Waals surface area (Å²) in [5.74, 6) is 3.94. The summed E-state index contributed by atoms with van der Waals surface area (Å²) in [6, 6.07) is 0. The molecule has 0 amide bonds. The average Bonchev–Trinajstić information content (AvgIpc) is 2.38. The molecule has 11 nitrogen and oxygen atoms in total. The molecule has 1 heterocycles. The van der Waals surface area contributed by atoms with Gasteiger partial charge in [0.1, 0.15) is 0 Å². The highest BCUT2D eigenvalue weighted by atomic mass is 16.7. The average molecular weight is 287 g/mol. The molecule has 0 aromatic carbocycles. The first kappa shape index (κ1) is 15.5. The van der Waals surface area contributed by atoms with Crippen LogP contribution in [0.3, 0.4) is 0 Å². The summed E-state index contributed by atoms with van der Waals surface area (Å²) in [5.41, 5.74) is -0.893. The standard InChI is InChI=1S/C9H13N5O6/c1-2-12-5-6(14(18)19)8(16)13(9(12)17)4-3-7(15)20-11-10/h5,11H,2-4,10H2,1H3. The molecular formula is C9H13N5O6. The van der Waals surface area contributed by atoms with Gasteiger partial charge in [-0.05, 0) is 6.92 Å². The largest absolute Gasteiger partial charge is 0.356 e. The highest BCUT2D eigenvalue weighted by Crippen LogP contribution is 2.01. The van der Waals surface area contributed by atoms with Crippen LogP contribution in [0.1, 0.15) is 13.3 Å². The summed E-state index contributed by atoms with van der Waals surface area (Å²) >= 11 is 0. The Morgan fingerprint density at radius 1 is 1.55 bits per heavy atom. The normalized spacial score (nSPS) is 10.3. The number of aryl methyl sites for hydroxylation is 1. The number of rotatable bonds is 6. The highest BCUT2D eigenvalue weighted by molar-refractivity contribution is 5.68. The molecule has 0 aliphatic heterocycles. The lowest BCUT2D eigenvalue weighted by Crippen LogP contribution is -2.41. The van der Waals surface area contributed by atoms with E-state index in [0.717, 1.165) is 10.8 Å². The Morgan fingerprint density at radius 2 is 2.20 bits per heavy atom. The molecule has 110 valence electrons. The first-order valence-electron chi connectivity index (χ1n) is 5.56. The zero-order valence-corrected chi connectivity index (χ0v) is 10.6. The van der Waals surface area contributed by atoms with Crippen LogP contribution in [0.5, 0.6) is 0 Å². The summed E-state index contributed by atoms with van der Waals surface area (Å²) in [6.07, 6.45) is 0.533. The van der Waals surface area contributed by atoms with Gasteiger partial charge in [-0.3, -0.25) is 28.8 Å². The van der Waals surface area contributed by atoms with Crippen molar-refractivity contribution in [2.75, 3.05) is 0 Å². The van der Waals surface area contributed by atoms with Crippen molar-refractivity contribution < 1.29 is 14.6 Å². The fourth-order valence-electron chi connectivity index (χ4n) is 1.51. The predicted molar refractivity (Wildman–Crippen MR) is 65.3 cm³/mol. The number of nitrogens with zero attached hydrogens (tertiary/aromatic N) is 3. The van der Waals surface area contributed by atoms with E-state index in [9.17, 15) is 24.5 Å². The van der Waals surface area contributed by atoms with Crippen LogP contribution in [0.4, 0.5) is 5.69 Å². The van der Waals surface area contributed by atoms with Gasteiger partial charge in [0.15, 0.2) is 0 Å². The second-order valence-corrected chi connectivity index (χ2v) is 3.64. The number of nitrogens with two attached hydrogens (primary N) is 1. The Balaban J connectivity index is 3.20. The number of carbonyl (C=O) groups is 1. The quantitative estimate of drug-likeness (QED) is 0.355. The highest BCUT2D eigenvalue weighted by Gasteiger charge is 2.19. The van der Waals surface area contributed by atoms with Crippen LogP contribution in [-0.2, 0) is 22.7 Å². The van der Waals surface area contributed by atoms with E-state index in [1.165, 1.54) is 0 Å². The molecule has 20 heavy (non-hydrogen) atoms. The first-order valence-corrected chi connectivity index (χ1v) is 5.56. The molecule has 0 spiro atoms. The number of aromatic nitrogens is 2. The van der Waals surface area contributed by atoms with Gasteiger partial charge in [0, 0.05) is 13.1 Å². The number of nitro groups is 1. The third-order valence-corrected chi connectivity index (χ3v) is 2.47. The van der Waals surface area contributed by atoms with Crippen LogP contribution in [0.15, 0.2) is 15.8 Å². The molecule has 0 fully saturated rings. The van der Waals surface area contributed by atoms with Gasteiger partial charge in [0.05, 0.1) is 17.5 Å². The maximum Gasteiger partial charge on any atom is 0.350 e. The lowest BCUT2D eigenvalue weighted by Gasteiger charge is -2.08. The van der Waals surface area contributed by atoms with E-state index in [1.807, 2.05) is 0 Å². The van der Waals surface area contributed by atoms with Gasteiger partial charge in [0.25, 0.3) is 0 Å². The molecule has 0 saturated heterocycles. The van der Waals surface area contributed by atoms with E-state index >= 15 is 0 Å². The predicted octanol–water partition coefficient (Wildman–Crippen LogP) is -1.75. The van der Waals surface area contributed by atoms with Crippen molar-refractivity contribution in [2.45, 2.75) is 26.4 Å². The van der Waals surface area contributed by atoms with Crippen molar-refractivity contribution >= 4 is 11.7 Å². The number of nitrogens with one attached hydrogen (secondary N) is 1. The van der Waals surface area contributed by atoms with Gasteiger partial charge in [-0.15, -0.1) is 0 Å². The van der Waals surface area contributed by atoms with Gasteiger partial charge < -0.3 is 4.84 Å². The molecule has 0 atom stereocenters. The van der Waals surface area contributed by atoms with Gasteiger partial charge >= 0.3 is 22.9 Å². The van der Waals surface area contributed by atoms with Crippen LogP contribution in [0.2, 0.25) is 0 Å². The Kier molecular flexibility index (Phi) is 5.11. The molecule has 11 heteroatoms. The third kappa shape index (κ3) is 3.27. The van der Waals surface area contributed by atoms with Crippen LogP contribution < -0.4 is 22.7 Å². The van der Waals surface area contributed by atoms with Gasteiger partial charge in [0.2, 0.25) is 0 Å². The van der Waals surface area contributed by atoms with Crippen LogP contribution in [0, 0.1) is 10.1 Å². The van der Waals surface area contributed by atoms with E-state index < -0.39 is 27.8 Å². The topological polar surface area (TPSA) is 151 Å². The second kappa shape index (κ2) is 6.58. The Labute approximate surface area is 111 Å². The molecule has 0 saturated carbocycles. The smallest absolute Gasteiger partial charge is 0.350 e. The number of carbonyl (C=O) groups excluding carboxylic acids is 1. The molecule has 0 aliphatic carbocycles. The van der Waals surface area contributed by atoms with Crippen molar-refractivity contribution in [1.82, 2.24) is 14.7 Å². The Hall–Kier alpha value is -2.53. The molecule has 0 bridgehead atoms. The minimum atomic E-state index is -1.07. The number of hydrazine groups is 1. The van der Waals surface area contributed by atoms with Crippen molar-refractivity contribution in [1.29, 1.82) is 0 Å². The lowest BCUT2D eigenvalue weighted by molar-refractivity contribution is -0.387. The van der Waals surface area contributed by atoms with Crippen LogP contribution >= 0.6 is 0 Å². The van der Waals surface area contributed by atoms with Crippen LogP contribution in [-0.4, -0.2) is 20.0 Å². The van der Waals surface area contributed by atoms with E-state index in [-0.39, 0.29) is 19.5 Å². The molecule has 1 aromatic rings. The minimum Gasteiger partial charge on any atom is -0.356 e. The summed E-state index contributed by atoms with van der Waals surface area (Å²) in [6.45, 7) is 1.39. The molecule has 3 N–H and O–H groups in total. The Morgan fingerprint density at radius 3 is 2.70 bits per heavy atom. The fourth-order valence-corrected chi connectivity index (χ4v) is 1.51. The Bertz CT molecular complexity index is 633. The van der Waals surface area contributed by atoms with E-state index in [4.69, 9.17) is 5.84 Å². The zero-order chi connectivity index (χ0) is 15.3. The second-order valence-electron chi connectivity index (χ2n) is 3.64. The minimum absolute atomic E-state index is 0.148. The molecular weight excluding hydrogens is 274 g/mol. The van der Waals surface area contributed by atoms with Crippen LogP contribution in [0.25, 0.3) is 0 Å². The van der Waals surface area contributed by atoms with Crippen molar-refractivity contribution in [2.24, 2.45) is 5.84 Å². The summed E-state index contributed by atoms with van der Waals surface area (Å²) in [5, 5.41) is 10.8. The molecule has 1 rings (SSSR count). The van der Waals surface area contributed by atoms with Crippen molar-refractivity contribution in [3.8, 4) is 0 Å². The molecule has 0 unspecified atom stereocenters. The summed E-state index contributed by atoms with van der Waals surface area (Å²) < 4.78 is 1.62. The fraction of sp³-hybridized carbons (Fsp3) is 0.444. The maximum atomic E-state index is 11.9. The molecule has 0 radical (unpaired) electrons. The third-order valence-electron chi connectivity index (χ3n) is 2.47.